The maximum Gasteiger partial charge on any atom is 0.230 e. The van der Waals surface area contributed by atoms with E-state index in [0.717, 1.165) is 16.2 Å². The van der Waals surface area contributed by atoms with Crippen LogP contribution in [0.5, 0.6) is 5.75 Å². The maximum absolute atomic E-state index is 12.0. The van der Waals surface area contributed by atoms with E-state index in [1.807, 2.05) is 30.5 Å². The van der Waals surface area contributed by atoms with Crippen LogP contribution in [-0.4, -0.2) is 18.0 Å². The van der Waals surface area contributed by atoms with Crippen molar-refractivity contribution in [2.75, 3.05) is 12.4 Å². The number of thiazole rings is 1. The van der Waals surface area contributed by atoms with Gasteiger partial charge in [0.1, 0.15) is 5.75 Å². The molecule has 1 N–H and O–H groups in total. The van der Waals surface area contributed by atoms with E-state index >= 15 is 0 Å². The van der Waals surface area contributed by atoms with E-state index in [-0.39, 0.29) is 12.3 Å². The van der Waals surface area contributed by atoms with E-state index in [1.54, 1.807) is 7.11 Å². The van der Waals surface area contributed by atoms with E-state index in [9.17, 15) is 4.79 Å². The number of para-hydroxylation sites is 1. The summed E-state index contributed by atoms with van der Waals surface area (Å²) in [7, 11) is 1.60. The van der Waals surface area contributed by atoms with Crippen LogP contribution in [-0.2, 0) is 11.2 Å². The molecule has 0 fully saturated rings. The van der Waals surface area contributed by atoms with Gasteiger partial charge in [-0.25, -0.2) is 4.98 Å². The third kappa shape index (κ3) is 3.57. The van der Waals surface area contributed by atoms with Crippen molar-refractivity contribution in [3.05, 3.63) is 40.9 Å². The minimum Gasteiger partial charge on any atom is -0.496 e. The number of aromatic nitrogens is 1. The molecule has 0 radical (unpaired) electrons. The number of methoxy groups -OCH3 is 1. The lowest BCUT2D eigenvalue weighted by molar-refractivity contribution is -0.115. The standard InChI is InChI=1S/C15H18N2O2S/c1-10(2)13-9-16-15(20-13)17-14(18)8-11-6-4-5-7-12(11)19-3/h4-7,9-10H,8H2,1-3H3,(H,16,17,18). The van der Waals surface area contributed by atoms with Crippen LogP contribution < -0.4 is 10.1 Å². The van der Waals surface area contributed by atoms with E-state index in [0.29, 0.717) is 11.0 Å². The molecule has 0 bridgehead atoms. The summed E-state index contributed by atoms with van der Waals surface area (Å²) in [6.45, 7) is 4.21. The van der Waals surface area contributed by atoms with Gasteiger partial charge < -0.3 is 10.1 Å². The van der Waals surface area contributed by atoms with Crippen LogP contribution >= 0.6 is 11.3 Å². The SMILES string of the molecule is COc1ccccc1CC(=O)Nc1ncc(C(C)C)s1. The fourth-order valence-electron chi connectivity index (χ4n) is 1.80. The van der Waals surface area contributed by atoms with E-state index in [2.05, 4.69) is 24.1 Å². The highest BCUT2D eigenvalue weighted by molar-refractivity contribution is 7.15. The molecule has 2 rings (SSSR count). The van der Waals surface area contributed by atoms with Gasteiger partial charge >= 0.3 is 0 Å². The van der Waals surface area contributed by atoms with Crippen molar-refractivity contribution >= 4 is 22.4 Å². The highest BCUT2D eigenvalue weighted by Gasteiger charge is 2.11. The lowest BCUT2D eigenvalue weighted by atomic mass is 10.1. The largest absolute Gasteiger partial charge is 0.496 e. The number of nitrogens with zero attached hydrogens (tertiary/aromatic N) is 1. The number of ether oxygens (including phenoxy) is 1. The Hall–Kier alpha value is -1.88. The van der Waals surface area contributed by atoms with Gasteiger partial charge in [-0.15, -0.1) is 11.3 Å². The Morgan fingerprint density at radius 2 is 2.15 bits per heavy atom. The third-order valence-corrected chi connectivity index (χ3v) is 4.10. The summed E-state index contributed by atoms with van der Waals surface area (Å²) in [5.74, 6) is 1.07. The second-order valence-electron chi connectivity index (χ2n) is 4.76. The summed E-state index contributed by atoms with van der Waals surface area (Å²) in [6.07, 6.45) is 2.09. The topological polar surface area (TPSA) is 51.2 Å². The monoisotopic (exact) mass is 290 g/mol. The number of anilines is 1. The fourth-order valence-corrected chi connectivity index (χ4v) is 2.63. The van der Waals surface area contributed by atoms with Crippen LogP contribution in [0.1, 0.15) is 30.2 Å². The van der Waals surface area contributed by atoms with Crippen molar-refractivity contribution in [3.8, 4) is 5.75 Å². The highest BCUT2D eigenvalue weighted by Crippen LogP contribution is 2.25. The van der Waals surface area contributed by atoms with Crippen LogP contribution in [0.25, 0.3) is 0 Å². The molecule has 0 spiro atoms. The Labute approximate surface area is 122 Å². The number of benzene rings is 1. The van der Waals surface area contributed by atoms with Crippen LogP contribution in [0.15, 0.2) is 30.5 Å². The van der Waals surface area contributed by atoms with E-state index < -0.39 is 0 Å². The van der Waals surface area contributed by atoms with Gasteiger partial charge in [0.2, 0.25) is 5.91 Å². The van der Waals surface area contributed by atoms with Gasteiger partial charge in [-0.2, -0.15) is 0 Å². The Balaban J connectivity index is 2.01. The third-order valence-electron chi connectivity index (χ3n) is 2.88. The van der Waals surface area contributed by atoms with Crippen molar-refractivity contribution in [3.63, 3.8) is 0 Å². The molecular weight excluding hydrogens is 272 g/mol. The summed E-state index contributed by atoms with van der Waals surface area (Å²) in [5, 5.41) is 3.48. The molecule has 1 aromatic heterocycles. The minimum atomic E-state index is -0.0841. The number of hydrogen-bond acceptors (Lipinski definition) is 4. The van der Waals surface area contributed by atoms with Crippen molar-refractivity contribution in [2.24, 2.45) is 0 Å². The molecule has 2 aromatic rings. The zero-order chi connectivity index (χ0) is 14.5. The molecule has 1 amide bonds. The molecule has 0 aliphatic rings. The first kappa shape index (κ1) is 14.5. The average Bonchev–Trinajstić information content (AvgIpc) is 2.88. The second kappa shape index (κ2) is 6.52. The molecule has 0 unspecified atom stereocenters. The van der Waals surface area contributed by atoms with Gasteiger partial charge in [0.15, 0.2) is 5.13 Å². The summed E-state index contributed by atoms with van der Waals surface area (Å²) < 4.78 is 5.24. The second-order valence-corrected chi connectivity index (χ2v) is 5.82. The quantitative estimate of drug-likeness (QED) is 0.917. The maximum atomic E-state index is 12.0. The first-order valence-electron chi connectivity index (χ1n) is 6.47. The summed E-state index contributed by atoms with van der Waals surface area (Å²) in [5.41, 5.74) is 0.869. The van der Waals surface area contributed by atoms with Gasteiger partial charge in [-0.05, 0) is 12.0 Å². The van der Waals surface area contributed by atoms with Crippen LogP contribution in [0, 0.1) is 0 Å². The summed E-state index contributed by atoms with van der Waals surface area (Å²) in [6, 6.07) is 7.52. The molecule has 0 atom stereocenters. The Kier molecular flexibility index (Phi) is 4.74. The molecular formula is C15H18N2O2S. The highest BCUT2D eigenvalue weighted by atomic mass is 32.1. The van der Waals surface area contributed by atoms with Crippen LogP contribution in [0.2, 0.25) is 0 Å². The Morgan fingerprint density at radius 1 is 1.40 bits per heavy atom. The van der Waals surface area contributed by atoms with Gasteiger partial charge in [-0.3, -0.25) is 4.79 Å². The molecule has 0 saturated carbocycles. The normalized spacial score (nSPS) is 10.6. The molecule has 20 heavy (non-hydrogen) atoms. The zero-order valence-corrected chi connectivity index (χ0v) is 12.7. The molecule has 106 valence electrons. The van der Waals surface area contributed by atoms with Crippen molar-refractivity contribution in [1.82, 2.24) is 4.98 Å². The molecule has 1 heterocycles. The van der Waals surface area contributed by atoms with Crippen LogP contribution in [0.3, 0.4) is 0 Å². The predicted octanol–water partition coefficient (Wildman–Crippen LogP) is 3.46. The summed E-state index contributed by atoms with van der Waals surface area (Å²) >= 11 is 1.52. The smallest absolute Gasteiger partial charge is 0.230 e. The van der Waals surface area contributed by atoms with E-state index in [1.165, 1.54) is 11.3 Å². The lowest BCUT2D eigenvalue weighted by Crippen LogP contribution is -2.14. The first-order chi connectivity index (χ1) is 9.60. The van der Waals surface area contributed by atoms with Crippen LogP contribution in [0.4, 0.5) is 5.13 Å². The number of nitrogens with one attached hydrogen (secondary N) is 1. The number of hydrogen-bond donors (Lipinski definition) is 1. The molecule has 4 nitrogen and oxygen atoms in total. The molecule has 5 heteroatoms. The summed E-state index contributed by atoms with van der Waals surface area (Å²) in [4.78, 5) is 17.4. The Morgan fingerprint density at radius 3 is 2.80 bits per heavy atom. The van der Waals surface area contributed by atoms with Crippen molar-refractivity contribution in [2.45, 2.75) is 26.2 Å². The molecule has 0 aliphatic carbocycles. The van der Waals surface area contributed by atoms with Crippen molar-refractivity contribution < 1.29 is 9.53 Å². The predicted molar refractivity (Wildman–Crippen MR) is 81.5 cm³/mol. The molecule has 1 aromatic carbocycles. The number of amides is 1. The van der Waals surface area contributed by atoms with E-state index in [4.69, 9.17) is 4.74 Å². The first-order valence-corrected chi connectivity index (χ1v) is 7.29. The molecule has 0 saturated heterocycles. The van der Waals surface area contributed by atoms with Gasteiger partial charge in [0, 0.05) is 16.6 Å². The zero-order valence-electron chi connectivity index (χ0n) is 11.8. The van der Waals surface area contributed by atoms with Gasteiger partial charge in [0.25, 0.3) is 0 Å². The fraction of sp³-hybridized carbons (Fsp3) is 0.333. The average molecular weight is 290 g/mol. The molecule has 0 aliphatic heterocycles. The minimum absolute atomic E-state index is 0.0841. The number of carbonyl (C=O) groups excluding carboxylic acids is 1. The van der Waals surface area contributed by atoms with Crippen molar-refractivity contribution in [1.29, 1.82) is 0 Å². The number of rotatable bonds is 5. The van der Waals surface area contributed by atoms with Gasteiger partial charge in [-0.1, -0.05) is 32.0 Å². The lowest BCUT2D eigenvalue weighted by Gasteiger charge is -2.07. The number of carbonyl (C=O) groups is 1. The van der Waals surface area contributed by atoms with Gasteiger partial charge in [0.05, 0.1) is 13.5 Å². The Bertz CT molecular complexity index is 593.